The number of carbonyl (C=O) groups excluding carboxylic acids is 2. The Labute approximate surface area is 227 Å². The fourth-order valence-electron chi connectivity index (χ4n) is 4.22. The molecule has 0 atom stereocenters. The molecule has 0 unspecified atom stereocenters. The Morgan fingerprint density at radius 1 is 1.00 bits per heavy atom. The van der Waals surface area contributed by atoms with Gasteiger partial charge in [-0.15, -0.1) is 0 Å². The zero-order valence-corrected chi connectivity index (χ0v) is 22.3. The molecule has 9 heteroatoms. The van der Waals surface area contributed by atoms with Crippen LogP contribution in [0.2, 0.25) is 0 Å². The Balaban J connectivity index is 1.63. The number of aryl methyl sites for hydroxylation is 1. The standard InChI is InChI=1S/C30H32FN5O3/c1-4-5-18-35(30(38)32-24-13-9-12-23(31)19-24)20-27(37)33-29-28(22-10-7-6-8-11-22)21(2)34-36(29)25-14-16-26(39-3)17-15-25/h6-17,19H,4-5,18,20H2,1-3H3,(H,32,38)(H,33,37). The van der Waals surface area contributed by atoms with Gasteiger partial charge in [0.05, 0.1) is 18.5 Å². The number of urea groups is 1. The lowest BCUT2D eigenvalue weighted by Gasteiger charge is -2.23. The molecular weight excluding hydrogens is 497 g/mol. The minimum absolute atomic E-state index is 0.192. The lowest BCUT2D eigenvalue weighted by atomic mass is 10.1. The number of methoxy groups -OCH3 is 1. The van der Waals surface area contributed by atoms with Crippen LogP contribution in [0.15, 0.2) is 78.9 Å². The molecule has 0 saturated heterocycles. The number of unbranched alkanes of at least 4 members (excludes halogenated alkanes) is 1. The summed E-state index contributed by atoms with van der Waals surface area (Å²) in [6.45, 7) is 4.07. The van der Waals surface area contributed by atoms with Gasteiger partial charge in [0.2, 0.25) is 5.91 Å². The second-order valence-corrected chi connectivity index (χ2v) is 9.05. The molecule has 0 radical (unpaired) electrons. The highest BCUT2D eigenvalue weighted by Gasteiger charge is 2.23. The molecule has 0 aliphatic rings. The van der Waals surface area contributed by atoms with Crippen molar-refractivity contribution in [2.45, 2.75) is 26.7 Å². The lowest BCUT2D eigenvalue weighted by molar-refractivity contribution is -0.116. The highest BCUT2D eigenvalue weighted by atomic mass is 19.1. The molecule has 39 heavy (non-hydrogen) atoms. The Morgan fingerprint density at radius 3 is 2.41 bits per heavy atom. The van der Waals surface area contributed by atoms with Crippen molar-refractivity contribution in [2.24, 2.45) is 0 Å². The minimum atomic E-state index is -0.479. The predicted molar refractivity (Wildman–Crippen MR) is 151 cm³/mol. The predicted octanol–water partition coefficient (Wildman–Crippen LogP) is 6.27. The molecule has 3 aromatic carbocycles. The van der Waals surface area contributed by atoms with E-state index in [9.17, 15) is 14.0 Å². The van der Waals surface area contributed by atoms with Crippen LogP contribution < -0.4 is 15.4 Å². The average molecular weight is 530 g/mol. The molecule has 0 aliphatic carbocycles. The third-order valence-corrected chi connectivity index (χ3v) is 6.18. The van der Waals surface area contributed by atoms with E-state index >= 15 is 0 Å². The average Bonchev–Trinajstić information content (AvgIpc) is 3.26. The summed E-state index contributed by atoms with van der Waals surface area (Å²) in [5.74, 6) is 0.357. The lowest BCUT2D eigenvalue weighted by Crippen LogP contribution is -2.41. The molecule has 4 rings (SSSR count). The SMILES string of the molecule is CCCCN(CC(=O)Nc1c(-c2ccccc2)c(C)nn1-c1ccc(OC)cc1)C(=O)Nc1cccc(F)c1. The molecule has 8 nitrogen and oxygen atoms in total. The molecule has 0 aliphatic heterocycles. The third kappa shape index (κ3) is 6.81. The van der Waals surface area contributed by atoms with Gasteiger partial charge in [-0.05, 0) is 61.4 Å². The molecule has 2 N–H and O–H groups in total. The first kappa shape index (κ1) is 27.4. The number of ether oxygens (including phenoxy) is 1. The van der Waals surface area contributed by atoms with Gasteiger partial charge < -0.3 is 20.3 Å². The van der Waals surface area contributed by atoms with Gasteiger partial charge in [-0.3, -0.25) is 4.79 Å². The largest absolute Gasteiger partial charge is 0.497 e. The number of carbonyl (C=O) groups is 2. The van der Waals surface area contributed by atoms with Crippen molar-refractivity contribution in [1.29, 1.82) is 0 Å². The number of nitrogens with one attached hydrogen (secondary N) is 2. The maximum absolute atomic E-state index is 13.6. The molecule has 1 heterocycles. The number of anilines is 2. The first-order valence-corrected chi connectivity index (χ1v) is 12.8. The summed E-state index contributed by atoms with van der Waals surface area (Å²) in [6, 6.07) is 22.2. The fourth-order valence-corrected chi connectivity index (χ4v) is 4.22. The quantitative estimate of drug-likeness (QED) is 0.254. The van der Waals surface area contributed by atoms with Crippen LogP contribution in [0.3, 0.4) is 0 Å². The molecule has 0 bridgehead atoms. The smallest absolute Gasteiger partial charge is 0.322 e. The Hall–Kier alpha value is -4.66. The van der Waals surface area contributed by atoms with Crippen LogP contribution in [0.1, 0.15) is 25.5 Å². The molecule has 1 aromatic heterocycles. The minimum Gasteiger partial charge on any atom is -0.497 e. The summed E-state index contributed by atoms with van der Waals surface area (Å²) in [5, 5.41) is 10.4. The van der Waals surface area contributed by atoms with Gasteiger partial charge in [0, 0.05) is 17.8 Å². The van der Waals surface area contributed by atoms with Crippen molar-refractivity contribution in [3.63, 3.8) is 0 Å². The van der Waals surface area contributed by atoms with Gasteiger partial charge in [-0.25, -0.2) is 13.9 Å². The highest BCUT2D eigenvalue weighted by molar-refractivity contribution is 5.99. The highest BCUT2D eigenvalue weighted by Crippen LogP contribution is 2.33. The summed E-state index contributed by atoms with van der Waals surface area (Å²) in [6.07, 6.45) is 1.55. The normalized spacial score (nSPS) is 10.7. The summed E-state index contributed by atoms with van der Waals surface area (Å²) in [7, 11) is 1.60. The van der Waals surface area contributed by atoms with Crippen LogP contribution in [0.25, 0.3) is 16.8 Å². The number of rotatable bonds is 10. The Morgan fingerprint density at radius 2 is 1.74 bits per heavy atom. The van der Waals surface area contributed by atoms with Crippen molar-refractivity contribution < 1.29 is 18.7 Å². The number of benzene rings is 3. The number of aromatic nitrogens is 2. The van der Waals surface area contributed by atoms with E-state index in [0.717, 1.165) is 28.9 Å². The summed E-state index contributed by atoms with van der Waals surface area (Å²) in [4.78, 5) is 27.9. The van der Waals surface area contributed by atoms with Crippen molar-refractivity contribution in [3.8, 4) is 22.6 Å². The number of hydrogen-bond donors (Lipinski definition) is 2. The number of amides is 3. The van der Waals surface area contributed by atoms with E-state index in [1.807, 2.05) is 68.4 Å². The number of hydrogen-bond acceptors (Lipinski definition) is 4. The van der Waals surface area contributed by atoms with Gasteiger partial charge in [0.1, 0.15) is 23.9 Å². The molecule has 4 aromatic rings. The Kier molecular flexibility index (Phi) is 8.94. The zero-order chi connectivity index (χ0) is 27.8. The van der Waals surface area contributed by atoms with Crippen molar-refractivity contribution in [1.82, 2.24) is 14.7 Å². The van der Waals surface area contributed by atoms with Gasteiger partial charge >= 0.3 is 6.03 Å². The summed E-state index contributed by atoms with van der Waals surface area (Å²) < 4.78 is 20.6. The molecular formula is C30H32FN5O3. The van der Waals surface area contributed by atoms with Gasteiger partial charge in [0.15, 0.2) is 0 Å². The van der Waals surface area contributed by atoms with Crippen LogP contribution in [0.5, 0.6) is 5.75 Å². The maximum Gasteiger partial charge on any atom is 0.322 e. The van der Waals surface area contributed by atoms with Crippen LogP contribution in [-0.2, 0) is 4.79 Å². The topological polar surface area (TPSA) is 88.5 Å². The van der Waals surface area contributed by atoms with E-state index in [2.05, 4.69) is 10.6 Å². The first-order valence-electron chi connectivity index (χ1n) is 12.8. The van der Waals surface area contributed by atoms with Crippen molar-refractivity contribution in [2.75, 3.05) is 30.8 Å². The fraction of sp³-hybridized carbons (Fsp3) is 0.233. The van der Waals surface area contributed by atoms with Crippen molar-refractivity contribution >= 4 is 23.4 Å². The maximum atomic E-state index is 13.6. The summed E-state index contributed by atoms with van der Waals surface area (Å²) >= 11 is 0. The molecule has 0 fully saturated rings. The van der Waals surface area contributed by atoms with Crippen LogP contribution in [-0.4, -0.2) is 46.8 Å². The van der Waals surface area contributed by atoms with E-state index in [0.29, 0.717) is 30.2 Å². The van der Waals surface area contributed by atoms with E-state index in [1.165, 1.54) is 23.1 Å². The van der Waals surface area contributed by atoms with E-state index < -0.39 is 11.8 Å². The molecule has 3 amide bonds. The number of nitrogens with zero attached hydrogens (tertiary/aromatic N) is 3. The second kappa shape index (κ2) is 12.7. The first-order chi connectivity index (χ1) is 18.9. The summed E-state index contributed by atoms with van der Waals surface area (Å²) in [5.41, 5.74) is 3.48. The molecule has 0 spiro atoms. The molecule has 202 valence electrons. The van der Waals surface area contributed by atoms with E-state index in [1.54, 1.807) is 17.9 Å². The molecule has 0 saturated carbocycles. The zero-order valence-electron chi connectivity index (χ0n) is 22.3. The van der Waals surface area contributed by atoms with E-state index in [-0.39, 0.29) is 12.5 Å². The second-order valence-electron chi connectivity index (χ2n) is 9.05. The van der Waals surface area contributed by atoms with Crippen LogP contribution in [0.4, 0.5) is 20.7 Å². The van der Waals surface area contributed by atoms with E-state index in [4.69, 9.17) is 9.84 Å². The van der Waals surface area contributed by atoms with Gasteiger partial charge in [-0.1, -0.05) is 49.7 Å². The number of halogens is 1. The monoisotopic (exact) mass is 529 g/mol. The van der Waals surface area contributed by atoms with Gasteiger partial charge in [-0.2, -0.15) is 5.10 Å². The third-order valence-electron chi connectivity index (χ3n) is 6.18. The Bertz CT molecular complexity index is 1420. The van der Waals surface area contributed by atoms with Crippen LogP contribution >= 0.6 is 0 Å². The van der Waals surface area contributed by atoms with Crippen LogP contribution in [0, 0.1) is 12.7 Å². The van der Waals surface area contributed by atoms with Crippen molar-refractivity contribution in [3.05, 3.63) is 90.4 Å². The van der Waals surface area contributed by atoms with Gasteiger partial charge in [0.25, 0.3) is 0 Å².